The van der Waals surface area contributed by atoms with Crippen molar-refractivity contribution in [3.63, 3.8) is 0 Å². The predicted molar refractivity (Wildman–Crippen MR) is 101 cm³/mol. The molecule has 7 heteroatoms. The Morgan fingerprint density at radius 3 is 2.88 bits per heavy atom. The number of nitrogens with one attached hydrogen (secondary N) is 1. The second-order valence-corrected chi connectivity index (χ2v) is 6.62. The number of hydrogen-bond donors (Lipinski definition) is 1. The number of imidazole rings is 1. The number of esters is 1. The molecule has 1 fully saturated rings. The van der Waals surface area contributed by atoms with Gasteiger partial charge in [0.15, 0.2) is 5.96 Å². The maximum atomic E-state index is 11.9. The molecule has 3 rings (SSSR count). The minimum absolute atomic E-state index is 0.00554. The number of rotatable bonds is 4. The van der Waals surface area contributed by atoms with Crippen LogP contribution in [0, 0.1) is 12.8 Å². The molecule has 0 amide bonds. The zero-order valence-corrected chi connectivity index (χ0v) is 15.7. The number of piperidine rings is 1. The van der Waals surface area contributed by atoms with Gasteiger partial charge in [0.1, 0.15) is 5.65 Å². The molecule has 140 valence electrons. The van der Waals surface area contributed by atoms with E-state index in [2.05, 4.69) is 39.2 Å². The van der Waals surface area contributed by atoms with Crippen LogP contribution in [0.15, 0.2) is 29.5 Å². The third-order valence-corrected chi connectivity index (χ3v) is 4.72. The van der Waals surface area contributed by atoms with Crippen LogP contribution in [0.1, 0.15) is 31.0 Å². The summed E-state index contributed by atoms with van der Waals surface area (Å²) in [6.45, 7) is 6.57. The molecule has 3 heterocycles. The molecule has 7 nitrogen and oxygen atoms in total. The van der Waals surface area contributed by atoms with Crippen LogP contribution in [0.5, 0.6) is 0 Å². The van der Waals surface area contributed by atoms with Crippen molar-refractivity contribution in [2.75, 3.05) is 26.7 Å². The number of aromatic nitrogens is 2. The van der Waals surface area contributed by atoms with Crippen LogP contribution < -0.4 is 5.32 Å². The number of aliphatic imine (C=N–C) groups is 1. The second-order valence-electron chi connectivity index (χ2n) is 6.62. The van der Waals surface area contributed by atoms with Gasteiger partial charge >= 0.3 is 5.97 Å². The van der Waals surface area contributed by atoms with Gasteiger partial charge in [-0.15, -0.1) is 0 Å². The molecule has 1 aliphatic heterocycles. The monoisotopic (exact) mass is 357 g/mol. The Balaban J connectivity index is 1.55. The fraction of sp³-hybridized carbons (Fsp3) is 0.526. The molecule has 0 aromatic carbocycles. The zero-order valence-electron chi connectivity index (χ0n) is 15.7. The largest absolute Gasteiger partial charge is 0.466 e. The summed E-state index contributed by atoms with van der Waals surface area (Å²) in [4.78, 5) is 23.1. The van der Waals surface area contributed by atoms with Gasteiger partial charge in [-0.25, -0.2) is 4.98 Å². The van der Waals surface area contributed by atoms with Crippen LogP contribution in [0.2, 0.25) is 0 Å². The Morgan fingerprint density at radius 2 is 2.19 bits per heavy atom. The van der Waals surface area contributed by atoms with Gasteiger partial charge in [0.05, 0.1) is 24.8 Å². The van der Waals surface area contributed by atoms with Crippen molar-refractivity contribution in [1.82, 2.24) is 19.6 Å². The smallest absolute Gasteiger partial charge is 0.309 e. The van der Waals surface area contributed by atoms with E-state index in [1.54, 1.807) is 7.05 Å². The second kappa shape index (κ2) is 8.21. The first-order chi connectivity index (χ1) is 12.6. The minimum Gasteiger partial charge on any atom is -0.466 e. The lowest BCUT2D eigenvalue weighted by atomic mass is 9.97. The normalized spacial score (nSPS) is 16.1. The maximum Gasteiger partial charge on any atom is 0.309 e. The highest BCUT2D eigenvalue weighted by atomic mass is 16.5. The van der Waals surface area contributed by atoms with E-state index in [-0.39, 0.29) is 11.9 Å². The van der Waals surface area contributed by atoms with E-state index in [1.165, 1.54) is 5.56 Å². The number of fused-ring (bicyclic) bond motifs is 1. The number of carbonyl (C=O) groups excluding carboxylic acids is 1. The maximum absolute atomic E-state index is 11.9. The van der Waals surface area contributed by atoms with Crippen LogP contribution in [0.25, 0.3) is 5.65 Å². The van der Waals surface area contributed by atoms with Crippen LogP contribution in [-0.2, 0) is 16.1 Å². The highest BCUT2D eigenvalue weighted by Crippen LogP contribution is 2.19. The molecule has 2 aromatic rings. The first-order valence-electron chi connectivity index (χ1n) is 9.17. The Kier molecular flexibility index (Phi) is 5.75. The van der Waals surface area contributed by atoms with Crippen LogP contribution in [0.4, 0.5) is 0 Å². The number of aryl methyl sites for hydroxylation is 1. The molecule has 0 spiro atoms. The van der Waals surface area contributed by atoms with Crippen molar-refractivity contribution in [3.8, 4) is 0 Å². The molecule has 1 N–H and O–H groups in total. The molecule has 1 saturated heterocycles. The highest BCUT2D eigenvalue weighted by molar-refractivity contribution is 5.80. The van der Waals surface area contributed by atoms with Gasteiger partial charge < -0.3 is 19.4 Å². The summed E-state index contributed by atoms with van der Waals surface area (Å²) in [5.41, 5.74) is 3.12. The van der Waals surface area contributed by atoms with Gasteiger partial charge in [-0.05, 0) is 44.4 Å². The Hall–Kier alpha value is -2.57. The first kappa shape index (κ1) is 18.2. The predicted octanol–water partition coefficient (Wildman–Crippen LogP) is 1.99. The van der Waals surface area contributed by atoms with E-state index < -0.39 is 0 Å². The average molecular weight is 357 g/mol. The Labute approximate surface area is 154 Å². The van der Waals surface area contributed by atoms with Crippen molar-refractivity contribution in [3.05, 3.63) is 35.8 Å². The fourth-order valence-corrected chi connectivity index (χ4v) is 3.31. The summed E-state index contributed by atoms with van der Waals surface area (Å²) in [7, 11) is 1.78. The topological polar surface area (TPSA) is 71.2 Å². The van der Waals surface area contributed by atoms with Crippen molar-refractivity contribution >= 4 is 17.6 Å². The summed E-state index contributed by atoms with van der Waals surface area (Å²) in [6.07, 6.45) is 5.65. The molecule has 0 unspecified atom stereocenters. The Morgan fingerprint density at radius 1 is 1.42 bits per heavy atom. The molecular formula is C19H27N5O2. The quantitative estimate of drug-likeness (QED) is 0.515. The summed E-state index contributed by atoms with van der Waals surface area (Å²) in [5, 5.41) is 3.38. The summed E-state index contributed by atoms with van der Waals surface area (Å²) >= 11 is 0. The van der Waals surface area contributed by atoms with Crippen molar-refractivity contribution < 1.29 is 9.53 Å². The van der Waals surface area contributed by atoms with Crippen molar-refractivity contribution in [1.29, 1.82) is 0 Å². The van der Waals surface area contributed by atoms with Crippen LogP contribution in [-0.4, -0.2) is 53.0 Å². The molecule has 0 atom stereocenters. The number of likely N-dealkylation sites (tertiary alicyclic amines) is 1. The molecule has 1 aliphatic rings. The third kappa shape index (κ3) is 4.15. The molecule has 0 bridgehead atoms. The lowest BCUT2D eigenvalue weighted by Crippen LogP contribution is -2.46. The van der Waals surface area contributed by atoms with Gasteiger partial charge in [0.25, 0.3) is 0 Å². The number of carbonyl (C=O) groups is 1. The first-order valence-corrected chi connectivity index (χ1v) is 9.17. The van der Waals surface area contributed by atoms with E-state index >= 15 is 0 Å². The van der Waals surface area contributed by atoms with E-state index in [4.69, 9.17) is 4.74 Å². The number of ether oxygens (including phenoxy) is 1. The molecular weight excluding hydrogens is 330 g/mol. The fourth-order valence-electron chi connectivity index (χ4n) is 3.31. The Bertz CT molecular complexity index is 790. The summed E-state index contributed by atoms with van der Waals surface area (Å²) < 4.78 is 7.16. The van der Waals surface area contributed by atoms with Gasteiger partial charge in [-0.2, -0.15) is 0 Å². The van der Waals surface area contributed by atoms with Gasteiger partial charge in [-0.1, -0.05) is 0 Å². The van der Waals surface area contributed by atoms with E-state index in [0.29, 0.717) is 13.2 Å². The van der Waals surface area contributed by atoms with E-state index in [0.717, 1.165) is 43.2 Å². The molecule has 26 heavy (non-hydrogen) atoms. The van der Waals surface area contributed by atoms with Crippen molar-refractivity contribution in [2.24, 2.45) is 10.9 Å². The van der Waals surface area contributed by atoms with Gasteiger partial charge in [0.2, 0.25) is 0 Å². The lowest BCUT2D eigenvalue weighted by Gasteiger charge is -2.33. The molecule has 0 saturated carbocycles. The SMILES string of the molecule is CCOC(=O)C1CCN(C(=NC)NCc2cn3ccc(C)cc3n2)CC1. The minimum atomic E-state index is -0.0740. The molecule has 2 aromatic heterocycles. The average Bonchev–Trinajstić information content (AvgIpc) is 3.05. The molecule has 0 radical (unpaired) electrons. The highest BCUT2D eigenvalue weighted by Gasteiger charge is 2.27. The summed E-state index contributed by atoms with van der Waals surface area (Å²) in [6, 6.07) is 4.14. The van der Waals surface area contributed by atoms with E-state index in [1.807, 2.05) is 23.7 Å². The third-order valence-electron chi connectivity index (χ3n) is 4.72. The lowest BCUT2D eigenvalue weighted by molar-refractivity contribution is -0.149. The number of nitrogens with zero attached hydrogens (tertiary/aromatic N) is 4. The number of hydrogen-bond acceptors (Lipinski definition) is 4. The van der Waals surface area contributed by atoms with E-state index in [9.17, 15) is 4.79 Å². The van der Waals surface area contributed by atoms with Crippen molar-refractivity contribution in [2.45, 2.75) is 33.2 Å². The number of guanidine groups is 1. The standard InChI is InChI=1S/C19H27N5O2/c1-4-26-18(25)15-6-9-23(10-7-15)19(20-3)21-12-16-13-24-8-5-14(2)11-17(24)22-16/h5,8,11,13,15H,4,6-7,9-10,12H2,1-3H3,(H,20,21). The zero-order chi connectivity index (χ0) is 18.5. The van der Waals surface area contributed by atoms with Gasteiger partial charge in [0, 0.05) is 32.5 Å². The van der Waals surface area contributed by atoms with Crippen LogP contribution in [0.3, 0.4) is 0 Å². The van der Waals surface area contributed by atoms with Gasteiger partial charge in [-0.3, -0.25) is 9.79 Å². The molecule has 0 aliphatic carbocycles. The summed E-state index contributed by atoms with van der Waals surface area (Å²) in [5.74, 6) is 0.779. The number of pyridine rings is 1. The van der Waals surface area contributed by atoms with Crippen LogP contribution >= 0.6 is 0 Å².